The van der Waals surface area contributed by atoms with Gasteiger partial charge in [-0.1, -0.05) is 42.5 Å². The minimum atomic E-state index is -0.662. The molecule has 0 radical (unpaired) electrons. The highest BCUT2D eigenvalue weighted by atomic mass is 16.4. The van der Waals surface area contributed by atoms with Crippen LogP contribution in [0, 0.1) is 11.8 Å². The summed E-state index contributed by atoms with van der Waals surface area (Å²) in [5.74, 6) is -0.639. The fourth-order valence-corrected chi connectivity index (χ4v) is 2.32. The van der Waals surface area contributed by atoms with Crippen LogP contribution in [0.2, 0.25) is 0 Å². The van der Waals surface area contributed by atoms with Crippen LogP contribution < -0.4 is 0 Å². The van der Waals surface area contributed by atoms with E-state index in [-0.39, 0.29) is 11.8 Å². The van der Waals surface area contributed by atoms with Gasteiger partial charge in [0.1, 0.15) is 0 Å². The minimum absolute atomic E-state index is 0.217. The summed E-state index contributed by atoms with van der Waals surface area (Å²) in [6.45, 7) is 0. The number of carboxylic acids is 1. The number of aliphatic carboxylic acids is 1. The first-order valence-corrected chi connectivity index (χ1v) is 5.69. The number of rotatable bonds is 3. The molecule has 0 amide bonds. The first-order chi connectivity index (χ1) is 7.77. The number of hydrogen-bond donors (Lipinski definition) is 1. The van der Waals surface area contributed by atoms with Gasteiger partial charge in [0.15, 0.2) is 0 Å². The van der Waals surface area contributed by atoms with Crippen LogP contribution in [0.25, 0.3) is 0 Å². The van der Waals surface area contributed by atoms with E-state index in [1.54, 1.807) is 0 Å². The van der Waals surface area contributed by atoms with E-state index in [0.717, 1.165) is 12.8 Å². The van der Waals surface area contributed by atoms with Crippen LogP contribution in [0.15, 0.2) is 42.5 Å². The average molecular weight is 216 g/mol. The van der Waals surface area contributed by atoms with Gasteiger partial charge in [0.25, 0.3) is 0 Å². The van der Waals surface area contributed by atoms with Gasteiger partial charge in [0, 0.05) is 0 Å². The van der Waals surface area contributed by atoms with Gasteiger partial charge in [-0.05, 0) is 30.7 Å². The summed E-state index contributed by atoms with van der Waals surface area (Å²) in [5.41, 5.74) is 1.23. The molecular weight excluding hydrogens is 200 g/mol. The van der Waals surface area contributed by atoms with Gasteiger partial charge < -0.3 is 5.11 Å². The van der Waals surface area contributed by atoms with E-state index in [2.05, 4.69) is 18.2 Å². The Morgan fingerprint density at radius 3 is 2.56 bits per heavy atom. The van der Waals surface area contributed by atoms with E-state index in [4.69, 9.17) is 5.11 Å². The van der Waals surface area contributed by atoms with Gasteiger partial charge in [0.2, 0.25) is 0 Å². The summed E-state index contributed by atoms with van der Waals surface area (Å²) in [7, 11) is 0. The van der Waals surface area contributed by atoms with Crippen LogP contribution >= 0.6 is 0 Å². The SMILES string of the molecule is O=C(O)C1CC=CC[C@@H]1Cc1ccccc1. The number of hydrogen-bond acceptors (Lipinski definition) is 1. The summed E-state index contributed by atoms with van der Waals surface area (Å²) in [6.07, 6.45) is 6.51. The molecule has 2 nitrogen and oxygen atoms in total. The lowest BCUT2D eigenvalue weighted by Gasteiger charge is -2.25. The topological polar surface area (TPSA) is 37.3 Å². The lowest BCUT2D eigenvalue weighted by molar-refractivity contribution is -0.143. The number of carbonyl (C=O) groups is 1. The van der Waals surface area contributed by atoms with Crippen LogP contribution in [0.5, 0.6) is 0 Å². The monoisotopic (exact) mass is 216 g/mol. The van der Waals surface area contributed by atoms with Crippen LogP contribution in [0.1, 0.15) is 18.4 Å². The molecule has 0 saturated carbocycles. The molecule has 0 saturated heterocycles. The van der Waals surface area contributed by atoms with Crippen molar-refractivity contribution >= 4 is 5.97 Å². The van der Waals surface area contributed by atoms with Crippen molar-refractivity contribution < 1.29 is 9.90 Å². The number of allylic oxidation sites excluding steroid dienone is 2. The zero-order valence-electron chi connectivity index (χ0n) is 9.17. The Morgan fingerprint density at radius 1 is 1.19 bits per heavy atom. The Morgan fingerprint density at radius 2 is 1.88 bits per heavy atom. The normalized spacial score (nSPS) is 24.2. The minimum Gasteiger partial charge on any atom is -0.481 e. The van der Waals surface area contributed by atoms with E-state index in [1.165, 1.54) is 5.56 Å². The predicted octanol–water partition coefficient (Wildman–Crippen LogP) is 2.90. The molecule has 1 aromatic carbocycles. The first kappa shape index (κ1) is 10.9. The van der Waals surface area contributed by atoms with Gasteiger partial charge in [-0.15, -0.1) is 0 Å². The molecule has 0 spiro atoms. The van der Waals surface area contributed by atoms with Gasteiger partial charge in [-0.3, -0.25) is 4.79 Å². The molecule has 0 aliphatic heterocycles. The predicted molar refractivity (Wildman–Crippen MR) is 63.1 cm³/mol. The van der Waals surface area contributed by atoms with E-state index >= 15 is 0 Å². The Labute approximate surface area is 95.6 Å². The molecule has 2 heteroatoms. The molecule has 2 atom stereocenters. The second-order valence-electron chi connectivity index (χ2n) is 4.34. The fraction of sp³-hybridized carbons (Fsp3) is 0.357. The Bertz CT molecular complexity index is 381. The highest BCUT2D eigenvalue weighted by Crippen LogP contribution is 2.28. The molecule has 0 heterocycles. The van der Waals surface area contributed by atoms with Crippen molar-refractivity contribution in [2.75, 3.05) is 0 Å². The quantitative estimate of drug-likeness (QED) is 0.789. The standard InChI is InChI=1S/C14H16O2/c15-14(16)13-9-5-4-8-12(13)10-11-6-2-1-3-7-11/h1-7,12-13H,8-10H2,(H,15,16)/t12-,13?/m1/s1. The van der Waals surface area contributed by atoms with Crippen molar-refractivity contribution in [3.05, 3.63) is 48.0 Å². The third kappa shape index (κ3) is 2.51. The maximum absolute atomic E-state index is 11.1. The second kappa shape index (κ2) is 4.97. The highest BCUT2D eigenvalue weighted by molar-refractivity contribution is 5.71. The summed E-state index contributed by atoms with van der Waals surface area (Å²) < 4.78 is 0. The Balaban J connectivity index is 2.08. The van der Waals surface area contributed by atoms with Gasteiger partial charge in [-0.2, -0.15) is 0 Å². The van der Waals surface area contributed by atoms with E-state index in [1.807, 2.05) is 24.3 Å². The molecule has 0 bridgehead atoms. The van der Waals surface area contributed by atoms with E-state index in [9.17, 15) is 4.79 Å². The van der Waals surface area contributed by atoms with Crippen molar-refractivity contribution in [2.45, 2.75) is 19.3 Å². The molecular formula is C14H16O2. The summed E-state index contributed by atoms with van der Waals surface area (Å²) in [5, 5.41) is 9.15. The summed E-state index contributed by atoms with van der Waals surface area (Å²) in [4.78, 5) is 11.1. The van der Waals surface area contributed by atoms with E-state index < -0.39 is 5.97 Å². The molecule has 0 aromatic heterocycles. The maximum atomic E-state index is 11.1. The van der Waals surface area contributed by atoms with Crippen molar-refractivity contribution in [3.8, 4) is 0 Å². The zero-order chi connectivity index (χ0) is 11.4. The summed E-state index contributed by atoms with van der Waals surface area (Å²) >= 11 is 0. The third-order valence-electron chi connectivity index (χ3n) is 3.22. The van der Waals surface area contributed by atoms with E-state index in [0.29, 0.717) is 6.42 Å². The van der Waals surface area contributed by atoms with Crippen molar-refractivity contribution in [3.63, 3.8) is 0 Å². The molecule has 1 N–H and O–H groups in total. The highest BCUT2D eigenvalue weighted by Gasteiger charge is 2.28. The summed E-state index contributed by atoms with van der Waals surface area (Å²) in [6, 6.07) is 10.1. The van der Waals surface area contributed by atoms with Crippen LogP contribution in [0.3, 0.4) is 0 Å². The van der Waals surface area contributed by atoms with Crippen LogP contribution in [0.4, 0.5) is 0 Å². The number of carboxylic acid groups (broad SMARTS) is 1. The third-order valence-corrected chi connectivity index (χ3v) is 3.22. The Hall–Kier alpha value is -1.57. The van der Waals surface area contributed by atoms with Gasteiger partial charge in [0.05, 0.1) is 5.92 Å². The molecule has 84 valence electrons. The van der Waals surface area contributed by atoms with Gasteiger partial charge in [-0.25, -0.2) is 0 Å². The maximum Gasteiger partial charge on any atom is 0.307 e. The largest absolute Gasteiger partial charge is 0.481 e. The average Bonchev–Trinajstić information content (AvgIpc) is 2.31. The van der Waals surface area contributed by atoms with Crippen molar-refractivity contribution in [1.82, 2.24) is 0 Å². The smallest absolute Gasteiger partial charge is 0.307 e. The molecule has 16 heavy (non-hydrogen) atoms. The molecule has 1 aromatic rings. The molecule has 1 aliphatic rings. The number of benzene rings is 1. The van der Waals surface area contributed by atoms with Crippen LogP contribution in [-0.4, -0.2) is 11.1 Å². The Kier molecular flexibility index (Phi) is 3.40. The second-order valence-corrected chi connectivity index (χ2v) is 4.34. The van der Waals surface area contributed by atoms with Crippen LogP contribution in [-0.2, 0) is 11.2 Å². The first-order valence-electron chi connectivity index (χ1n) is 5.69. The fourth-order valence-electron chi connectivity index (χ4n) is 2.32. The van der Waals surface area contributed by atoms with Crippen molar-refractivity contribution in [2.24, 2.45) is 11.8 Å². The lowest BCUT2D eigenvalue weighted by Crippen LogP contribution is -2.26. The zero-order valence-corrected chi connectivity index (χ0v) is 9.17. The molecule has 1 unspecified atom stereocenters. The lowest BCUT2D eigenvalue weighted by atomic mass is 9.79. The molecule has 0 fully saturated rings. The van der Waals surface area contributed by atoms with Crippen molar-refractivity contribution in [1.29, 1.82) is 0 Å². The molecule has 1 aliphatic carbocycles. The molecule has 2 rings (SSSR count). The van der Waals surface area contributed by atoms with Gasteiger partial charge >= 0.3 is 5.97 Å².